The zero-order chi connectivity index (χ0) is 20.6. The lowest BCUT2D eigenvalue weighted by molar-refractivity contribution is -0.147. The number of carbonyl (C=O) groups is 2. The van der Waals surface area contributed by atoms with Crippen LogP contribution >= 0.6 is 0 Å². The molecular weight excluding hydrogens is 374 g/mol. The van der Waals surface area contributed by atoms with E-state index in [0.29, 0.717) is 42.1 Å². The Morgan fingerprint density at radius 3 is 2.83 bits per heavy atom. The maximum atomic E-state index is 12.8. The topological polar surface area (TPSA) is 119 Å². The number of rotatable bonds is 5. The first kappa shape index (κ1) is 19.5. The van der Waals surface area contributed by atoms with Crippen molar-refractivity contribution < 1.29 is 19.4 Å². The Labute approximate surface area is 168 Å². The molecule has 2 aliphatic heterocycles. The first-order valence-corrected chi connectivity index (χ1v) is 9.87. The first-order valence-electron chi connectivity index (χ1n) is 9.87. The van der Waals surface area contributed by atoms with Crippen molar-refractivity contribution in [1.29, 1.82) is 0 Å². The van der Waals surface area contributed by atoms with Gasteiger partial charge in [-0.05, 0) is 56.8 Å². The number of fused-ring (bicyclic) bond motifs is 1. The Bertz CT molecular complexity index is 946. The minimum atomic E-state index is -0.867. The van der Waals surface area contributed by atoms with Gasteiger partial charge in [0.05, 0.1) is 23.9 Å². The highest BCUT2D eigenvalue weighted by Crippen LogP contribution is 2.39. The van der Waals surface area contributed by atoms with Crippen LogP contribution in [0.2, 0.25) is 0 Å². The first-order chi connectivity index (χ1) is 13.8. The number of benzene rings is 1. The molecule has 3 heterocycles. The van der Waals surface area contributed by atoms with E-state index in [4.69, 9.17) is 4.74 Å². The molecule has 4 rings (SSSR count). The Kier molecular flexibility index (Phi) is 4.85. The molecule has 9 heteroatoms. The van der Waals surface area contributed by atoms with Crippen LogP contribution in [0.3, 0.4) is 0 Å². The molecule has 2 N–H and O–H groups in total. The van der Waals surface area contributed by atoms with Crippen molar-refractivity contribution in [3.63, 3.8) is 0 Å². The van der Waals surface area contributed by atoms with E-state index in [1.54, 1.807) is 26.0 Å². The van der Waals surface area contributed by atoms with Gasteiger partial charge in [-0.3, -0.25) is 9.59 Å². The third-order valence-corrected chi connectivity index (χ3v) is 5.83. The molecular formula is C20H25N5O4. The van der Waals surface area contributed by atoms with Gasteiger partial charge < -0.3 is 15.2 Å². The molecule has 0 saturated carbocycles. The number of nitrogens with zero attached hydrogens (tertiary/aromatic N) is 4. The van der Waals surface area contributed by atoms with Crippen LogP contribution in [0.25, 0.3) is 11.4 Å². The lowest BCUT2D eigenvalue weighted by atomic mass is 9.83. The average molecular weight is 399 g/mol. The van der Waals surface area contributed by atoms with Crippen LogP contribution in [-0.2, 0) is 11.3 Å². The Morgan fingerprint density at radius 1 is 1.34 bits per heavy atom. The summed E-state index contributed by atoms with van der Waals surface area (Å²) in [4.78, 5) is 25.4. The number of ether oxygens (including phenoxy) is 1. The van der Waals surface area contributed by atoms with Crippen LogP contribution < -0.4 is 10.1 Å². The highest BCUT2D eigenvalue weighted by atomic mass is 16.5. The number of hydrogen-bond donors (Lipinski definition) is 2. The molecule has 0 bridgehead atoms. The highest BCUT2D eigenvalue weighted by molar-refractivity contribution is 6.01. The zero-order valence-corrected chi connectivity index (χ0v) is 16.6. The summed E-state index contributed by atoms with van der Waals surface area (Å²) in [5.74, 6) is 0.224. The molecule has 1 fully saturated rings. The highest BCUT2D eigenvalue weighted by Gasteiger charge is 2.41. The van der Waals surface area contributed by atoms with E-state index in [2.05, 4.69) is 20.7 Å². The fraction of sp³-hybridized carbons (Fsp3) is 0.550. The number of hydrogen-bond acceptors (Lipinski definition) is 7. The standard InChI is InChI=1S/C20H25N5O4/c1-19(2,18(27)28)7-10-25-23-17(22-24-25)13-3-4-16-14(11-13)15(26)12-20(29-16)5-8-21-9-6-20/h3-4,11,21H,5-10,12H2,1-2H3,(H,27,28). The Hall–Kier alpha value is -2.81. The lowest BCUT2D eigenvalue weighted by Crippen LogP contribution is -2.49. The second-order valence-corrected chi connectivity index (χ2v) is 8.49. The van der Waals surface area contributed by atoms with E-state index in [1.807, 2.05) is 6.07 Å². The molecule has 1 aromatic heterocycles. The second kappa shape index (κ2) is 7.22. The van der Waals surface area contributed by atoms with Crippen LogP contribution in [0.5, 0.6) is 5.75 Å². The minimum absolute atomic E-state index is 0.0746. The molecule has 0 unspecified atom stereocenters. The number of Topliss-reactive ketones (excluding diaryl/α,β-unsaturated/α-hetero) is 1. The molecule has 0 aliphatic carbocycles. The van der Waals surface area contributed by atoms with E-state index < -0.39 is 17.0 Å². The number of carbonyl (C=O) groups excluding carboxylic acids is 1. The molecule has 1 spiro atoms. The van der Waals surface area contributed by atoms with Crippen molar-refractivity contribution in [3.05, 3.63) is 23.8 Å². The zero-order valence-electron chi connectivity index (χ0n) is 16.6. The van der Waals surface area contributed by atoms with Crippen molar-refractivity contribution in [2.45, 2.75) is 51.7 Å². The fourth-order valence-corrected chi connectivity index (χ4v) is 3.73. The predicted octanol–water partition coefficient (Wildman–Crippen LogP) is 1.93. The summed E-state index contributed by atoms with van der Waals surface area (Å²) >= 11 is 0. The molecule has 29 heavy (non-hydrogen) atoms. The molecule has 9 nitrogen and oxygen atoms in total. The van der Waals surface area contributed by atoms with E-state index in [9.17, 15) is 14.7 Å². The summed E-state index contributed by atoms with van der Waals surface area (Å²) in [6.07, 6.45) is 2.41. The molecule has 154 valence electrons. The number of aryl methyl sites for hydroxylation is 1. The second-order valence-electron chi connectivity index (χ2n) is 8.49. The summed E-state index contributed by atoms with van der Waals surface area (Å²) in [5.41, 5.74) is -0.0240. The lowest BCUT2D eigenvalue weighted by Gasteiger charge is -2.40. The Balaban J connectivity index is 1.51. The monoisotopic (exact) mass is 399 g/mol. The van der Waals surface area contributed by atoms with Gasteiger partial charge >= 0.3 is 5.97 Å². The van der Waals surface area contributed by atoms with Crippen molar-refractivity contribution in [3.8, 4) is 17.1 Å². The van der Waals surface area contributed by atoms with Gasteiger partial charge in [-0.25, -0.2) is 0 Å². The van der Waals surface area contributed by atoms with Crippen LogP contribution in [0.15, 0.2) is 18.2 Å². The fourth-order valence-electron chi connectivity index (χ4n) is 3.73. The molecule has 0 amide bonds. The SMILES string of the molecule is CC(C)(CCn1nnc(-c2ccc3c(c2)C(=O)CC2(CCNCC2)O3)n1)C(=O)O. The Morgan fingerprint density at radius 2 is 2.10 bits per heavy atom. The van der Waals surface area contributed by atoms with Gasteiger partial charge in [-0.1, -0.05) is 0 Å². The maximum absolute atomic E-state index is 12.8. The van der Waals surface area contributed by atoms with E-state index in [0.717, 1.165) is 25.9 Å². The number of aromatic nitrogens is 4. The van der Waals surface area contributed by atoms with Gasteiger partial charge in [0.25, 0.3) is 0 Å². The number of aliphatic carboxylic acids is 1. The predicted molar refractivity (Wildman–Crippen MR) is 104 cm³/mol. The quantitative estimate of drug-likeness (QED) is 0.783. The van der Waals surface area contributed by atoms with Crippen LogP contribution in [-0.4, -0.2) is 55.8 Å². The number of carboxylic acids is 1. The van der Waals surface area contributed by atoms with Gasteiger partial charge in [0.1, 0.15) is 11.4 Å². The number of nitrogens with one attached hydrogen (secondary N) is 1. The summed E-state index contributed by atoms with van der Waals surface area (Å²) in [7, 11) is 0. The normalized spacial score (nSPS) is 18.3. The summed E-state index contributed by atoms with van der Waals surface area (Å²) in [6.45, 7) is 5.38. The van der Waals surface area contributed by atoms with Crippen LogP contribution in [0.4, 0.5) is 0 Å². The number of ketones is 1. The van der Waals surface area contributed by atoms with Gasteiger partial charge in [0, 0.05) is 18.4 Å². The van der Waals surface area contributed by atoms with Gasteiger partial charge in [-0.15, -0.1) is 10.2 Å². The molecule has 0 radical (unpaired) electrons. The number of carboxylic acid groups (broad SMARTS) is 1. The molecule has 2 aromatic rings. The maximum Gasteiger partial charge on any atom is 0.309 e. The third-order valence-electron chi connectivity index (χ3n) is 5.83. The minimum Gasteiger partial charge on any atom is -0.486 e. The largest absolute Gasteiger partial charge is 0.486 e. The van der Waals surface area contributed by atoms with Crippen LogP contribution in [0, 0.1) is 5.41 Å². The van der Waals surface area contributed by atoms with Crippen LogP contribution in [0.1, 0.15) is 49.9 Å². The van der Waals surface area contributed by atoms with E-state index >= 15 is 0 Å². The molecule has 1 saturated heterocycles. The van der Waals surface area contributed by atoms with Crippen molar-refractivity contribution in [1.82, 2.24) is 25.5 Å². The van der Waals surface area contributed by atoms with Gasteiger partial charge in [0.15, 0.2) is 5.78 Å². The van der Waals surface area contributed by atoms with Crippen molar-refractivity contribution in [2.75, 3.05) is 13.1 Å². The number of piperidine rings is 1. The molecule has 2 aliphatic rings. The van der Waals surface area contributed by atoms with Crippen molar-refractivity contribution >= 4 is 11.8 Å². The van der Waals surface area contributed by atoms with Crippen molar-refractivity contribution in [2.24, 2.45) is 5.41 Å². The summed E-state index contributed by atoms with van der Waals surface area (Å²) in [5, 5.41) is 24.9. The smallest absolute Gasteiger partial charge is 0.309 e. The summed E-state index contributed by atoms with van der Waals surface area (Å²) < 4.78 is 6.25. The van der Waals surface area contributed by atoms with Gasteiger partial charge in [0.2, 0.25) is 5.82 Å². The average Bonchev–Trinajstić information content (AvgIpc) is 3.16. The number of tetrazole rings is 1. The molecule has 0 atom stereocenters. The van der Waals surface area contributed by atoms with Gasteiger partial charge in [-0.2, -0.15) is 4.80 Å². The summed E-state index contributed by atoms with van der Waals surface area (Å²) in [6, 6.07) is 5.39. The van der Waals surface area contributed by atoms with E-state index in [-0.39, 0.29) is 5.78 Å². The molecule has 1 aromatic carbocycles. The van der Waals surface area contributed by atoms with E-state index in [1.165, 1.54) is 4.80 Å². The third kappa shape index (κ3) is 3.87.